The maximum absolute atomic E-state index is 11.5. The maximum Gasteiger partial charge on any atom is 0.357 e. The van der Waals surface area contributed by atoms with Crippen molar-refractivity contribution in [3.05, 3.63) is 16.1 Å². The highest BCUT2D eigenvalue weighted by Gasteiger charge is 2.20. The molecule has 0 radical (unpaired) electrons. The number of hydrogen-bond acceptors (Lipinski definition) is 5. The number of ether oxygens (including phenoxy) is 1. The summed E-state index contributed by atoms with van der Waals surface area (Å²) in [5, 5.41) is 6.19. The lowest BCUT2D eigenvalue weighted by atomic mass is 9.99. The monoisotopic (exact) mass is 270 g/mol. The molecule has 1 aromatic rings. The standard InChI is InChI=1S/C11H16N2O2S.C2H6/c1-2-15-11(14)9-7-16-10(13-9)8-3-5-12-6-4-8;1-2/h7-8,12H,2-6H2,1H3;1-2H3. The molecule has 1 fully saturated rings. The number of thiazole rings is 1. The first kappa shape index (κ1) is 15.1. The Morgan fingerprint density at radius 3 is 2.78 bits per heavy atom. The van der Waals surface area contributed by atoms with Crippen LogP contribution in [0.4, 0.5) is 0 Å². The Kier molecular flexibility index (Phi) is 6.90. The van der Waals surface area contributed by atoms with Crippen LogP contribution in [0.3, 0.4) is 0 Å². The van der Waals surface area contributed by atoms with Gasteiger partial charge in [0.1, 0.15) is 0 Å². The maximum atomic E-state index is 11.5. The molecule has 1 aliphatic heterocycles. The van der Waals surface area contributed by atoms with Crippen LogP contribution in [0.1, 0.15) is 55.0 Å². The van der Waals surface area contributed by atoms with Gasteiger partial charge in [-0.2, -0.15) is 0 Å². The van der Waals surface area contributed by atoms with Crippen LogP contribution < -0.4 is 5.32 Å². The molecule has 0 saturated carbocycles. The van der Waals surface area contributed by atoms with Crippen LogP contribution >= 0.6 is 11.3 Å². The van der Waals surface area contributed by atoms with E-state index in [0.29, 0.717) is 18.2 Å². The molecule has 2 rings (SSSR count). The lowest BCUT2D eigenvalue weighted by molar-refractivity contribution is 0.0520. The smallest absolute Gasteiger partial charge is 0.357 e. The van der Waals surface area contributed by atoms with Crippen LogP contribution in [0, 0.1) is 0 Å². The van der Waals surface area contributed by atoms with Gasteiger partial charge in [-0.05, 0) is 32.9 Å². The van der Waals surface area contributed by atoms with E-state index in [1.165, 1.54) is 0 Å². The van der Waals surface area contributed by atoms with Gasteiger partial charge in [0.2, 0.25) is 0 Å². The Balaban J connectivity index is 0.000000771. The van der Waals surface area contributed by atoms with E-state index >= 15 is 0 Å². The number of piperidine rings is 1. The van der Waals surface area contributed by atoms with Gasteiger partial charge in [0, 0.05) is 11.3 Å². The number of aromatic nitrogens is 1. The number of nitrogens with zero attached hydrogens (tertiary/aromatic N) is 1. The van der Waals surface area contributed by atoms with Crippen LogP contribution in [0.2, 0.25) is 0 Å². The summed E-state index contributed by atoms with van der Waals surface area (Å²) in [6, 6.07) is 0. The minimum atomic E-state index is -0.307. The lowest BCUT2D eigenvalue weighted by Crippen LogP contribution is -2.26. The van der Waals surface area contributed by atoms with Gasteiger partial charge in [0.15, 0.2) is 5.69 Å². The third-order valence-electron chi connectivity index (χ3n) is 2.69. The molecular formula is C13H22N2O2S. The highest BCUT2D eigenvalue weighted by atomic mass is 32.1. The summed E-state index contributed by atoms with van der Waals surface area (Å²) < 4.78 is 4.92. The summed E-state index contributed by atoms with van der Waals surface area (Å²) in [6.07, 6.45) is 2.21. The van der Waals surface area contributed by atoms with E-state index in [9.17, 15) is 4.79 Å². The second-order valence-corrected chi connectivity index (χ2v) is 4.71. The lowest BCUT2D eigenvalue weighted by Gasteiger charge is -2.20. The Hall–Kier alpha value is -0.940. The summed E-state index contributed by atoms with van der Waals surface area (Å²) >= 11 is 1.57. The Morgan fingerprint density at radius 2 is 2.17 bits per heavy atom. The van der Waals surface area contributed by atoms with Crippen molar-refractivity contribution in [3.8, 4) is 0 Å². The van der Waals surface area contributed by atoms with E-state index in [-0.39, 0.29) is 5.97 Å². The van der Waals surface area contributed by atoms with E-state index in [0.717, 1.165) is 30.9 Å². The highest BCUT2D eigenvalue weighted by molar-refractivity contribution is 7.09. The van der Waals surface area contributed by atoms with Crippen molar-refractivity contribution in [1.82, 2.24) is 10.3 Å². The van der Waals surface area contributed by atoms with E-state index in [2.05, 4.69) is 10.3 Å². The quantitative estimate of drug-likeness (QED) is 0.858. The average molecular weight is 270 g/mol. The van der Waals surface area contributed by atoms with Crippen molar-refractivity contribution in [2.24, 2.45) is 0 Å². The summed E-state index contributed by atoms with van der Waals surface area (Å²) in [6.45, 7) is 8.29. The number of nitrogens with one attached hydrogen (secondary N) is 1. The molecule has 18 heavy (non-hydrogen) atoms. The van der Waals surface area contributed by atoms with Gasteiger partial charge in [-0.25, -0.2) is 9.78 Å². The van der Waals surface area contributed by atoms with Crippen molar-refractivity contribution in [1.29, 1.82) is 0 Å². The van der Waals surface area contributed by atoms with E-state index < -0.39 is 0 Å². The first-order valence-corrected chi connectivity index (χ1v) is 7.52. The summed E-state index contributed by atoms with van der Waals surface area (Å²) in [5.41, 5.74) is 0.459. The zero-order chi connectivity index (χ0) is 13.4. The van der Waals surface area contributed by atoms with Gasteiger partial charge in [-0.15, -0.1) is 11.3 Å². The number of carbonyl (C=O) groups excluding carboxylic acids is 1. The van der Waals surface area contributed by atoms with Gasteiger partial charge < -0.3 is 10.1 Å². The first-order valence-electron chi connectivity index (χ1n) is 6.64. The molecule has 0 atom stereocenters. The van der Waals surface area contributed by atoms with Gasteiger partial charge >= 0.3 is 5.97 Å². The largest absolute Gasteiger partial charge is 0.461 e. The molecule has 2 heterocycles. The van der Waals surface area contributed by atoms with Gasteiger partial charge in [-0.1, -0.05) is 13.8 Å². The molecule has 0 aromatic carbocycles. The minimum Gasteiger partial charge on any atom is -0.461 e. The topological polar surface area (TPSA) is 51.2 Å². The number of esters is 1. The molecule has 0 unspecified atom stereocenters. The number of hydrogen-bond donors (Lipinski definition) is 1. The molecule has 1 aliphatic rings. The van der Waals surface area contributed by atoms with Crippen molar-refractivity contribution < 1.29 is 9.53 Å². The predicted molar refractivity (Wildman–Crippen MR) is 74.3 cm³/mol. The van der Waals surface area contributed by atoms with E-state index in [4.69, 9.17) is 4.74 Å². The van der Waals surface area contributed by atoms with Crippen LogP contribution in [-0.4, -0.2) is 30.6 Å². The van der Waals surface area contributed by atoms with Gasteiger partial charge in [-0.3, -0.25) is 0 Å². The molecule has 1 aromatic heterocycles. The summed E-state index contributed by atoms with van der Waals surface area (Å²) in [7, 11) is 0. The summed E-state index contributed by atoms with van der Waals surface area (Å²) in [5.74, 6) is 0.202. The SMILES string of the molecule is CC.CCOC(=O)c1csc(C2CCNCC2)n1. The zero-order valence-corrected chi connectivity index (χ0v) is 12.2. The third-order valence-corrected chi connectivity index (χ3v) is 3.70. The third kappa shape index (κ3) is 4.07. The normalized spacial score (nSPS) is 15.7. The molecule has 102 valence electrons. The fourth-order valence-corrected chi connectivity index (χ4v) is 2.80. The van der Waals surface area contributed by atoms with Crippen LogP contribution in [0.25, 0.3) is 0 Å². The number of carbonyl (C=O) groups is 1. The van der Waals surface area contributed by atoms with Crippen LogP contribution in [-0.2, 0) is 4.74 Å². The fraction of sp³-hybridized carbons (Fsp3) is 0.692. The second-order valence-electron chi connectivity index (χ2n) is 3.82. The highest BCUT2D eigenvalue weighted by Crippen LogP contribution is 2.27. The minimum absolute atomic E-state index is 0.307. The Bertz CT molecular complexity index is 360. The fourth-order valence-electron chi connectivity index (χ4n) is 1.84. The molecule has 0 bridgehead atoms. The van der Waals surface area contributed by atoms with Crippen molar-refractivity contribution in [3.63, 3.8) is 0 Å². The zero-order valence-electron chi connectivity index (χ0n) is 11.4. The molecule has 0 aliphatic carbocycles. The van der Waals surface area contributed by atoms with E-state index in [1.54, 1.807) is 23.6 Å². The first-order chi connectivity index (χ1) is 8.81. The van der Waals surface area contributed by atoms with Gasteiger partial charge in [0.25, 0.3) is 0 Å². The average Bonchev–Trinajstić information content (AvgIpc) is 2.92. The molecule has 0 spiro atoms. The van der Waals surface area contributed by atoms with E-state index in [1.807, 2.05) is 13.8 Å². The van der Waals surface area contributed by atoms with Crippen LogP contribution in [0.15, 0.2) is 5.38 Å². The molecule has 4 nitrogen and oxygen atoms in total. The van der Waals surface area contributed by atoms with Crippen molar-refractivity contribution in [2.45, 2.75) is 39.5 Å². The summed E-state index contributed by atoms with van der Waals surface area (Å²) in [4.78, 5) is 15.8. The van der Waals surface area contributed by atoms with Gasteiger partial charge in [0.05, 0.1) is 11.6 Å². The van der Waals surface area contributed by atoms with Crippen molar-refractivity contribution >= 4 is 17.3 Å². The molecule has 1 N–H and O–H groups in total. The Morgan fingerprint density at radius 1 is 1.50 bits per heavy atom. The molecule has 1 saturated heterocycles. The molecular weight excluding hydrogens is 248 g/mol. The second kappa shape index (κ2) is 8.21. The number of rotatable bonds is 3. The predicted octanol–water partition coefficient (Wildman–Crippen LogP) is 2.81. The Labute approximate surface area is 113 Å². The molecule has 5 heteroatoms. The molecule has 0 amide bonds. The van der Waals surface area contributed by atoms with Crippen molar-refractivity contribution in [2.75, 3.05) is 19.7 Å². The van der Waals surface area contributed by atoms with Crippen LogP contribution in [0.5, 0.6) is 0 Å².